The van der Waals surface area contributed by atoms with Crippen molar-refractivity contribution in [3.8, 4) is 11.3 Å². The number of nitrogens with zero attached hydrogens (tertiary/aromatic N) is 5. The largest absolute Gasteiger partial charge is 0.273 e. The number of aromatic nitrogens is 5. The Morgan fingerprint density at radius 1 is 1.13 bits per heavy atom. The maximum Gasteiger partial charge on any atom is 0.114 e. The fraction of sp³-hybridized carbons (Fsp3) is 0.235. The van der Waals surface area contributed by atoms with Gasteiger partial charge in [-0.2, -0.15) is 5.10 Å². The third-order valence-corrected chi connectivity index (χ3v) is 5.01. The Balaban J connectivity index is 1.68. The van der Waals surface area contributed by atoms with Crippen LogP contribution in [0.3, 0.4) is 0 Å². The molecule has 0 amide bonds. The van der Waals surface area contributed by atoms with E-state index in [0.29, 0.717) is 6.54 Å². The van der Waals surface area contributed by atoms with E-state index in [1.165, 1.54) is 20.5 Å². The molecule has 0 fully saturated rings. The van der Waals surface area contributed by atoms with Crippen LogP contribution in [0.15, 0.2) is 42.9 Å². The topological polar surface area (TPSA) is 48.5 Å². The van der Waals surface area contributed by atoms with Crippen molar-refractivity contribution in [2.45, 2.75) is 26.9 Å². The molecule has 6 heteroatoms. The van der Waals surface area contributed by atoms with Gasteiger partial charge in [-0.1, -0.05) is 23.4 Å². The summed E-state index contributed by atoms with van der Waals surface area (Å²) in [5.74, 6) is 0. The summed E-state index contributed by atoms with van der Waals surface area (Å²) in [6.45, 7) is 5.79. The number of aryl methyl sites for hydroxylation is 2. The Morgan fingerprint density at radius 2 is 2.00 bits per heavy atom. The van der Waals surface area contributed by atoms with Crippen LogP contribution in [0.4, 0.5) is 0 Å². The van der Waals surface area contributed by atoms with Gasteiger partial charge in [-0.05, 0) is 19.9 Å². The van der Waals surface area contributed by atoms with Gasteiger partial charge < -0.3 is 0 Å². The lowest BCUT2D eigenvalue weighted by molar-refractivity contribution is 0.642. The smallest absolute Gasteiger partial charge is 0.114 e. The molecular formula is C17H17N5S. The lowest BCUT2D eigenvalue weighted by atomic mass is 10.1. The molecule has 0 aliphatic rings. The van der Waals surface area contributed by atoms with E-state index in [1.54, 1.807) is 11.3 Å². The molecule has 0 aliphatic carbocycles. The average molecular weight is 323 g/mol. The van der Waals surface area contributed by atoms with Gasteiger partial charge in [0.15, 0.2) is 0 Å². The third-order valence-electron chi connectivity index (χ3n) is 3.92. The Morgan fingerprint density at radius 3 is 2.83 bits per heavy atom. The summed E-state index contributed by atoms with van der Waals surface area (Å²) in [5, 5.41) is 14.2. The van der Waals surface area contributed by atoms with E-state index in [1.807, 2.05) is 28.0 Å². The second-order valence-electron chi connectivity index (χ2n) is 5.54. The van der Waals surface area contributed by atoms with Crippen LogP contribution in [0.5, 0.6) is 0 Å². The lowest BCUT2D eigenvalue weighted by Gasteiger charge is -1.97. The van der Waals surface area contributed by atoms with Crippen molar-refractivity contribution in [3.05, 3.63) is 53.3 Å². The molecule has 116 valence electrons. The van der Waals surface area contributed by atoms with E-state index in [-0.39, 0.29) is 0 Å². The zero-order valence-corrected chi connectivity index (χ0v) is 13.9. The maximum absolute atomic E-state index is 4.39. The molecule has 0 saturated heterocycles. The van der Waals surface area contributed by atoms with Gasteiger partial charge in [-0.15, -0.1) is 16.4 Å². The second kappa shape index (κ2) is 5.62. The van der Waals surface area contributed by atoms with Crippen molar-refractivity contribution in [1.29, 1.82) is 0 Å². The van der Waals surface area contributed by atoms with E-state index < -0.39 is 0 Å². The predicted molar refractivity (Wildman–Crippen MR) is 92.6 cm³/mol. The molecule has 0 spiro atoms. The number of benzene rings is 1. The predicted octanol–water partition coefficient (Wildman–Crippen LogP) is 3.73. The molecule has 0 atom stereocenters. The number of thiophene rings is 1. The van der Waals surface area contributed by atoms with Crippen molar-refractivity contribution in [3.63, 3.8) is 0 Å². The molecule has 4 aromatic rings. The number of fused-ring (bicyclic) bond motifs is 1. The molecule has 23 heavy (non-hydrogen) atoms. The first-order valence-electron chi connectivity index (χ1n) is 7.64. The molecule has 4 rings (SSSR count). The fourth-order valence-corrected chi connectivity index (χ4v) is 3.90. The van der Waals surface area contributed by atoms with Crippen LogP contribution in [0.1, 0.15) is 17.4 Å². The first-order chi connectivity index (χ1) is 11.2. The number of hydrogen-bond acceptors (Lipinski definition) is 4. The Bertz CT molecular complexity index is 962. The number of hydrogen-bond donors (Lipinski definition) is 0. The molecule has 1 aromatic carbocycles. The van der Waals surface area contributed by atoms with E-state index in [9.17, 15) is 0 Å². The zero-order chi connectivity index (χ0) is 15.8. The summed E-state index contributed by atoms with van der Waals surface area (Å²) in [6, 6.07) is 8.45. The standard InChI is InChI=1S/C17H17N5S/c1-3-21-9-13(8-18-21)10-22-11-15(19-20-22)17-12(2)23-16-7-5-4-6-14(16)17/h4-9,11H,3,10H2,1-2H3. The van der Waals surface area contributed by atoms with Crippen LogP contribution in [-0.4, -0.2) is 24.8 Å². The van der Waals surface area contributed by atoms with Gasteiger partial charge in [-0.25, -0.2) is 4.68 Å². The molecular weight excluding hydrogens is 306 g/mol. The molecule has 0 radical (unpaired) electrons. The minimum absolute atomic E-state index is 0.689. The van der Waals surface area contributed by atoms with Crippen molar-refractivity contribution in [2.75, 3.05) is 0 Å². The first-order valence-corrected chi connectivity index (χ1v) is 8.46. The summed E-state index contributed by atoms with van der Waals surface area (Å²) in [6.07, 6.45) is 5.95. The van der Waals surface area contributed by atoms with Crippen LogP contribution in [0.2, 0.25) is 0 Å². The monoisotopic (exact) mass is 323 g/mol. The quantitative estimate of drug-likeness (QED) is 0.575. The van der Waals surface area contributed by atoms with Gasteiger partial charge in [0.2, 0.25) is 0 Å². The molecule has 0 N–H and O–H groups in total. The van der Waals surface area contributed by atoms with Gasteiger partial charge in [0.25, 0.3) is 0 Å². The van der Waals surface area contributed by atoms with Gasteiger partial charge >= 0.3 is 0 Å². The second-order valence-corrected chi connectivity index (χ2v) is 6.79. The summed E-state index contributed by atoms with van der Waals surface area (Å²) in [7, 11) is 0. The molecule has 0 unspecified atom stereocenters. The Hall–Kier alpha value is -2.47. The summed E-state index contributed by atoms with van der Waals surface area (Å²) < 4.78 is 5.08. The summed E-state index contributed by atoms with van der Waals surface area (Å²) in [5.41, 5.74) is 3.26. The van der Waals surface area contributed by atoms with E-state index in [2.05, 4.69) is 53.5 Å². The Kier molecular flexibility index (Phi) is 3.46. The lowest BCUT2D eigenvalue weighted by Crippen LogP contribution is -1.99. The van der Waals surface area contributed by atoms with Gasteiger partial charge in [0, 0.05) is 38.8 Å². The van der Waals surface area contributed by atoms with E-state index in [4.69, 9.17) is 0 Å². The highest BCUT2D eigenvalue weighted by Crippen LogP contribution is 2.36. The maximum atomic E-state index is 4.39. The minimum atomic E-state index is 0.689. The SMILES string of the molecule is CCn1cc(Cn2cc(-c3c(C)sc4ccccc34)nn2)cn1. The molecule has 3 aromatic heterocycles. The van der Waals surface area contributed by atoms with Gasteiger partial charge in [0.1, 0.15) is 5.69 Å². The average Bonchev–Trinajstić information content (AvgIpc) is 3.25. The van der Waals surface area contributed by atoms with Gasteiger partial charge in [-0.3, -0.25) is 4.68 Å². The highest BCUT2D eigenvalue weighted by molar-refractivity contribution is 7.19. The zero-order valence-electron chi connectivity index (χ0n) is 13.1. The highest BCUT2D eigenvalue weighted by atomic mass is 32.1. The van der Waals surface area contributed by atoms with Crippen LogP contribution >= 0.6 is 11.3 Å². The Labute approximate surface area is 138 Å². The summed E-state index contributed by atoms with van der Waals surface area (Å²) >= 11 is 1.80. The molecule has 0 aliphatic heterocycles. The van der Waals surface area contributed by atoms with Crippen LogP contribution in [0, 0.1) is 6.92 Å². The molecule has 3 heterocycles. The summed E-state index contributed by atoms with van der Waals surface area (Å²) in [4.78, 5) is 1.28. The molecule has 0 saturated carbocycles. The molecule has 0 bridgehead atoms. The first kappa shape index (κ1) is 14.1. The van der Waals surface area contributed by atoms with Crippen molar-refractivity contribution in [1.82, 2.24) is 24.8 Å². The van der Waals surface area contributed by atoms with Crippen LogP contribution < -0.4 is 0 Å². The minimum Gasteiger partial charge on any atom is -0.273 e. The van der Waals surface area contributed by atoms with Crippen LogP contribution in [-0.2, 0) is 13.1 Å². The third kappa shape index (κ3) is 2.55. The number of rotatable bonds is 4. The van der Waals surface area contributed by atoms with E-state index >= 15 is 0 Å². The highest BCUT2D eigenvalue weighted by Gasteiger charge is 2.14. The van der Waals surface area contributed by atoms with Crippen LogP contribution in [0.25, 0.3) is 21.3 Å². The van der Waals surface area contributed by atoms with Crippen molar-refractivity contribution >= 4 is 21.4 Å². The molecule has 5 nitrogen and oxygen atoms in total. The fourth-order valence-electron chi connectivity index (χ4n) is 2.82. The van der Waals surface area contributed by atoms with E-state index in [0.717, 1.165) is 17.8 Å². The van der Waals surface area contributed by atoms with Crippen molar-refractivity contribution in [2.24, 2.45) is 0 Å². The van der Waals surface area contributed by atoms with Crippen molar-refractivity contribution < 1.29 is 0 Å². The normalized spacial score (nSPS) is 11.4. The van der Waals surface area contributed by atoms with Gasteiger partial charge in [0.05, 0.1) is 18.9 Å².